The van der Waals surface area contributed by atoms with Gasteiger partial charge in [-0.05, 0) is 30.7 Å². The zero-order valence-electron chi connectivity index (χ0n) is 11.1. The Morgan fingerprint density at radius 2 is 2.11 bits per heavy atom. The second kappa shape index (κ2) is 8.11. The average molecular weight is 260 g/mol. The fourth-order valence-corrected chi connectivity index (χ4v) is 1.68. The first-order chi connectivity index (χ1) is 9.19. The van der Waals surface area contributed by atoms with Crippen LogP contribution in [-0.4, -0.2) is 18.6 Å². The highest BCUT2D eigenvalue weighted by molar-refractivity contribution is 5.89. The Labute approximate surface area is 113 Å². The van der Waals surface area contributed by atoms with Crippen LogP contribution in [-0.2, 0) is 0 Å². The zero-order chi connectivity index (χ0) is 14.1. The van der Waals surface area contributed by atoms with Crippen LogP contribution in [0.25, 0.3) is 0 Å². The van der Waals surface area contributed by atoms with Gasteiger partial charge in [0.1, 0.15) is 0 Å². The minimum absolute atomic E-state index is 0.00154. The third kappa shape index (κ3) is 5.40. The van der Waals surface area contributed by atoms with Crippen molar-refractivity contribution in [3.63, 3.8) is 0 Å². The molecule has 0 saturated carbocycles. The van der Waals surface area contributed by atoms with E-state index in [1.165, 1.54) is 0 Å². The molecular weight excluding hydrogens is 240 g/mol. The number of amides is 2. The SMILES string of the molecule is CCCCC(CN)NC(=O)Nc1ccc(C#N)cc1. The van der Waals surface area contributed by atoms with E-state index < -0.39 is 0 Å². The van der Waals surface area contributed by atoms with Crippen molar-refractivity contribution in [3.8, 4) is 6.07 Å². The Balaban J connectivity index is 2.47. The van der Waals surface area contributed by atoms with Crippen LogP contribution in [0.1, 0.15) is 31.7 Å². The number of carbonyl (C=O) groups is 1. The van der Waals surface area contributed by atoms with Crippen molar-refractivity contribution >= 4 is 11.7 Å². The van der Waals surface area contributed by atoms with E-state index in [-0.39, 0.29) is 12.1 Å². The average Bonchev–Trinajstić information content (AvgIpc) is 2.44. The summed E-state index contributed by atoms with van der Waals surface area (Å²) in [4.78, 5) is 11.8. The van der Waals surface area contributed by atoms with Crippen molar-refractivity contribution in [2.75, 3.05) is 11.9 Å². The van der Waals surface area contributed by atoms with Crippen LogP contribution in [0, 0.1) is 11.3 Å². The molecule has 1 aromatic carbocycles. The number of nitrogens with two attached hydrogens (primary N) is 1. The maximum Gasteiger partial charge on any atom is 0.319 e. The molecule has 5 heteroatoms. The number of rotatable bonds is 6. The summed E-state index contributed by atoms with van der Waals surface area (Å²) in [6, 6.07) is 8.47. The fourth-order valence-electron chi connectivity index (χ4n) is 1.68. The number of carbonyl (C=O) groups excluding carboxylic acids is 1. The number of anilines is 1. The number of benzene rings is 1. The van der Waals surface area contributed by atoms with E-state index in [0.717, 1.165) is 19.3 Å². The standard InChI is InChI=1S/C14H20N4O/c1-2-3-4-13(10-16)18-14(19)17-12-7-5-11(9-15)6-8-12/h5-8,13H,2-4,10,16H2,1H3,(H2,17,18,19). The van der Waals surface area contributed by atoms with Crippen LogP contribution in [0.4, 0.5) is 10.5 Å². The van der Waals surface area contributed by atoms with Crippen LogP contribution in [0.5, 0.6) is 0 Å². The highest BCUT2D eigenvalue weighted by atomic mass is 16.2. The molecule has 0 aliphatic rings. The molecule has 0 bridgehead atoms. The number of nitrogens with zero attached hydrogens (tertiary/aromatic N) is 1. The van der Waals surface area contributed by atoms with E-state index in [0.29, 0.717) is 17.8 Å². The first kappa shape index (κ1) is 15.0. The lowest BCUT2D eigenvalue weighted by Crippen LogP contribution is -2.42. The molecule has 102 valence electrons. The van der Waals surface area contributed by atoms with Crippen LogP contribution < -0.4 is 16.4 Å². The summed E-state index contributed by atoms with van der Waals surface area (Å²) in [5.41, 5.74) is 6.83. The van der Waals surface area contributed by atoms with Gasteiger partial charge in [0, 0.05) is 18.3 Å². The zero-order valence-corrected chi connectivity index (χ0v) is 11.1. The summed E-state index contributed by atoms with van der Waals surface area (Å²) in [5, 5.41) is 14.2. The molecule has 19 heavy (non-hydrogen) atoms. The Morgan fingerprint density at radius 1 is 1.42 bits per heavy atom. The molecular formula is C14H20N4O. The molecule has 0 saturated heterocycles. The fraction of sp³-hybridized carbons (Fsp3) is 0.429. The maximum atomic E-state index is 11.8. The van der Waals surface area contributed by atoms with E-state index >= 15 is 0 Å². The first-order valence-electron chi connectivity index (χ1n) is 6.47. The first-order valence-corrected chi connectivity index (χ1v) is 6.47. The third-order valence-electron chi connectivity index (χ3n) is 2.80. The normalized spacial score (nSPS) is 11.4. The van der Waals surface area contributed by atoms with Gasteiger partial charge >= 0.3 is 6.03 Å². The second-order valence-electron chi connectivity index (χ2n) is 4.36. The van der Waals surface area contributed by atoms with Crippen molar-refractivity contribution in [2.45, 2.75) is 32.2 Å². The molecule has 1 unspecified atom stereocenters. The Morgan fingerprint density at radius 3 is 2.63 bits per heavy atom. The van der Waals surface area contributed by atoms with Gasteiger partial charge in [-0.15, -0.1) is 0 Å². The summed E-state index contributed by atoms with van der Waals surface area (Å²) in [6.45, 7) is 2.53. The molecule has 5 nitrogen and oxygen atoms in total. The van der Waals surface area contributed by atoms with Gasteiger partial charge in [-0.25, -0.2) is 4.79 Å². The van der Waals surface area contributed by atoms with Crippen molar-refractivity contribution in [1.29, 1.82) is 5.26 Å². The van der Waals surface area contributed by atoms with Crippen LogP contribution in [0.15, 0.2) is 24.3 Å². The topological polar surface area (TPSA) is 90.9 Å². The smallest absolute Gasteiger partial charge is 0.319 e. The molecule has 0 heterocycles. The molecule has 0 aliphatic heterocycles. The Bertz CT molecular complexity index is 436. The predicted molar refractivity (Wildman–Crippen MR) is 75.7 cm³/mol. The van der Waals surface area contributed by atoms with Gasteiger partial charge < -0.3 is 16.4 Å². The van der Waals surface area contributed by atoms with E-state index in [4.69, 9.17) is 11.0 Å². The monoisotopic (exact) mass is 260 g/mol. The lowest BCUT2D eigenvalue weighted by molar-refractivity contribution is 0.247. The maximum absolute atomic E-state index is 11.8. The number of hydrogen-bond acceptors (Lipinski definition) is 3. The molecule has 0 aromatic heterocycles. The number of unbranched alkanes of at least 4 members (excludes halogenated alkanes) is 1. The van der Waals surface area contributed by atoms with Gasteiger partial charge in [0.25, 0.3) is 0 Å². The Kier molecular flexibility index (Phi) is 6.41. The van der Waals surface area contributed by atoms with Crippen LogP contribution >= 0.6 is 0 Å². The lowest BCUT2D eigenvalue weighted by Gasteiger charge is -2.17. The van der Waals surface area contributed by atoms with E-state index in [1.54, 1.807) is 24.3 Å². The molecule has 0 fully saturated rings. The Hall–Kier alpha value is -2.06. The third-order valence-corrected chi connectivity index (χ3v) is 2.80. The van der Waals surface area contributed by atoms with Gasteiger partial charge in [0.15, 0.2) is 0 Å². The van der Waals surface area contributed by atoms with Crippen molar-refractivity contribution < 1.29 is 4.79 Å². The van der Waals surface area contributed by atoms with E-state index in [2.05, 4.69) is 17.6 Å². The van der Waals surface area contributed by atoms with E-state index in [1.807, 2.05) is 6.07 Å². The van der Waals surface area contributed by atoms with Gasteiger partial charge in [0.2, 0.25) is 0 Å². The van der Waals surface area contributed by atoms with Gasteiger partial charge in [-0.1, -0.05) is 19.8 Å². The minimum Gasteiger partial charge on any atom is -0.334 e. The highest BCUT2D eigenvalue weighted by Gasteiger charge is 2.09. The quantitative estimate of drug-likeness (QED) is 0.732. The summed E-state index contributed by atoms with van der Waals surface area (Å²) in [7, 11) is 0. The predicted octanol–water partition coefficient (Wildman–Crippen LogP) is 2.20. The molecule has 0 aliphatic carbocycles. The van der Waals surface area contributed by atoms with Crippen LogP contribution in [0.3, 0.4) is 0 Å². The molecule has 1 aromatic rings. The van der Waals surface area contributed by atoms with Gasteiger partial charge in [0.05, 0.1) is 11.6 Å². The molecule has 0 radical (unpaired) electrons. The highest BCUT2D eigenvalue weighted by Crippen LogP contribution is 2.08. The second-order valence-corrected chi connectivity index (χ2v) is 4.36. The summed E-state index contributed by atoms with van der Waals surface area (Å²) in [5.74, 6) is 0. The van der Waals surface area contributed by atoms with Gasteiger partial charge in [-0.3, -0.25) is 0 Å². The largest absolute Gasteiger partial charge is 0.334 e. The number of nitriles is 1. The van der Waals surface area contributed by atoms with Crippen molar-refractivity contribution in [2.24, 2.45) is 5.73 Å². The summed E-state index contributed by atoms with van der Waals surface area (Å²) < 4.78 is 0. The van der Waals surface area contributed by atoms with Gasteiger partial charge in [-0.2, -0.15) is 5.26 Å². The summed E-state index contributed by atoms with van der Waals surface area (Å²) >= 11 is 0. The summed E-state index contributed by atoms with van der Waals surface area (Å²) in [6.07, 6.45) is 3.00. The molecule has 1 rings (SSSR count). The number of urea groups is 1. The van der Waals surface area contributed by atoms with Crippen LogP contribution in [0.2, 0.25) is 0 Å². The molecule has 2 amide bonds. The van der Waals surface area contributed by atoms with E-state index in [9.17, 15) is 4.79 Å². The molecule has 0 spiro atoms. The van der Waals surface area contributed by atoms with Crippen molar-refractivity contribution in [1.82, 2.24) is 5.32 Å². The number of nitrogens with one attached hydrogen (secondary N) is 2. The molecule has 4 N–H and O–H groups in total. The number of hydrogen-bond donors (Lipinski definition) is 3. The lowest BCUT2D eigenvalue weighted by atomic mass is 10.1. The minimum atomic E-state index is -0.267. The van der Waals surface area contributed by atoms with Crippen molar-refractivity contribution in [3.05, 3.63) is 29.8 Å². The molecule has 1 atom stereocenters.